The van der Waals surface area contributed by atoms with E-state index < -0.39 is 21.2 Å². The third-order valence-electron chi connectivity index (χ3n) is 4.85. The highest BCUT2D eigenvalue weighted by Crippen LogP contribution is 2.31. The summed E-state index contributed by atoms with van der Waals surface area (Å²) >= 11 is 0. The van der Waals surface area contributed by atoms with Crippen molar-refractivity contribution in [3.05, 3.63) is 35.4 Å². The van der Waals surface area contributed by atoms with Crippen molar-refractivity contribution in [3.63, 3.8) is 0 Å². The normalized spacial score (nSPS) is 30.6. The molecule has 0 radical (unpaired) electrons. The van der Waals surface area contributed by atoms with Crippen LogP contribution in [0.3, 0.4) is 0 Å². The molecule has 2 aliphatic rings. The molecule has 22 heavy (non-hydrogen) atoms. The number of carbonyl (C=O) groups excluding carboxylic acids is 1. The third-order valence-corrected chi connectivity index (χ3v) is 7.13. The zero-order valence-corrected chi connectivity index (χ0v) is 13.7. The second-order valence-corrected chi connectivity index (χ2v) is 8.52. The maximum Gasteiger partial charge on any atom is 0.256 e. The summed E-state index contributed by atoms with van der Waals surface area (Å²) in [5, 5.41) is -0.538. The van der Waals surface area contributed by atoms with Gasteiger partial charge in [0.1, 0.15) is 0 Å². The Morgan fingerprint density at radius 3 is 2.77 bits per heavy atom. The number of amides is 1. The highest BCUT2D eigenvalue weighted by atomic mass is 32.2. The van der Waals surface area contributed by atoms with Gasteiger partial charge in [-0.25, -0.2) is 8.42 Å². The Bertz CT molecular complexity index is 685. The Hall–Kier alpha value is -1.40. The standard InChI is InChI=1S/C16H21NO4S/c1-11-12(2)22(19,20)10-8-17(11)16(18)15-14-6-4-3-5-13(14)7-9-21-15/h3-6,11-12,15H,7-10H2,1-2H3. The number of hydrogen-bond donors (Lipinski definition) is 0. The molecule has 3 unspecified atom stereocenters. The van der Waals surface area contributed by atoms with E-state index in [1.807, 2.05) is 24.3 Å². The minimum absolute atomic E-state index is 0.0264. The van der Waals surface area contributed by atoms with Crippen molar-refractivity contribution in [1.29, 1.82) is 0 Å². The van der Waals surface area contributed by atoms with Crippen LogP contribution in [0.1, 0.15) is 31.1 Å². The van der Waals surface area contributed by atoms with Crippen LogP contribution in [-0.4, -0.2) is 49.4 Å². The molecule has 2 heterocycles. The number of rotatable bonds is 1. The summed E-state index contributed by atoms with van der Waals surface area (Å²) in [7, 11) is -3.10. The summed E-state index contributed by atoms with van der Waals surface area (Å²) in [5.41, 5.74) is 2.05. The van der Waals surface area contributed by atoms with Crippen molar-refractivity contribution >= 4 is 15.7 Å². The van der Waals surface area contributed by atoms with Crippen molar-refractivity contribution in [2.45, 2.75) is 37.7 Å². The van der Waals surface area contributed by atoms with E-state index in [1.165, 1.54) is 0 Å². The van der Waals surface area contributed by atoms with Crippen LogP contribution in [0.2, 0.25) is 0 Å². The van der Waals surface area contributed by atoms with Crippen molar-refractivity contribution in [2.75, 3.05) is 18.9 Å². The fourth-order valence-electron chi connectivity index (χ4n) is 3.23. The quantitative estimate of drug-likeness (QED) is 0.782. The van der Waals surface area contributed by atoms with E-state index in [9.17, 15) is 13.2 Å². The molecule has 120 valence electrons. The maximum atomic E-state index is 12.9. The number of hydrogen-bond acceptors (Lipinski definition) is 4. The first-order valence-electron chi connectivity index (χ1n) is 7.63. The Kier molecular flexibility index (Phi) is 3.99. The monoisotopic (exact) mass is 323 g/mol. The number of nitrogens with zero attached hydrogens (tertiary/aromatic N) is 1. The van der Waals surface area contributed by atoms with Crippen molar-refractivity contribution < 1.29 is 17.9 Å². The minimum Gasteiger partial charge on any atom is -0.363 e. The predicted molar refractivity (Wildman–Crippen MR) is 83.3 cm³/mol. The van der Waals surface area contributed by atoms with E-state index >= 15 is 0 Å². The van der Waals surface area contributed by atoms with E-state index in [2.05, 4.69) is 0 Å². The molecule has 1 amide bonds. The Labute approximate surface area is 131 Å². The number of fused-ring (bicyclic) bond motifs is 1. The molecule has 0 aromatic heterocycles. The van der Waals surface area contributed by atoms with Gasteiger partial charge in [0.2, 0.25) is 0 Å². The van der Waals surface area contributed by atoms with E-state index in [0.717, 1.165) is 17.5 Å². The summed E-state index contributed by atoms with van der Waals surface area (Å²) < 4.78 is 29.6. The van der Waals surface area contributed by atoms with Crippen molar-refractivity contribution in [3.8, 4) is 0 Å². The molecule has 0 bridgehead atoms. The average molecular weight is 323 g/mol. The molecule has 0 aliphatic carbocycles. The maximum absolute atomic E-state index is 12.9. The molecule has 0 spiro atoms. The average Bonchev–Trinajstić information content (AvgIpc) is 2.52. The van der Waals surface area contributed by atoms with Crippen LogP contribution in [0.5, 0.6) is 0 Å². The summed E-state index contributed by atoms with van der Waals surface area (Å²) in [6.45, 7) is 4.24. The minimum atomic E-state index is -3.10. The number of ether oxygens (including phenoxy) is 1. The molecule has 5 nitrogen and oxygen atoms in total. The SMILES string of the molecule is CC1C(C)S(=O)(=O)CCN1C(=O)C1OCCc2ccccc21. The fraction of sp³-hybridized carbons (Fsp3) is 0.562. The highest BCUT2D eigenvalue weighted by molar-refractivity contribution is 7.92. The van der Waals surface area contributed by atoms with Gasteiger partial charge in [-0.3, -0.25) is 4.79 Å². The van der Waals surface area contributed by atoms with Gasteiger partial charge < -0.3 is 9.64 Å². The summed E-state index contributed by atoms with van der Waals surface area (Å²) in [6.07, 6.45) is 0.195. The molecule has 0 N–H and O–H groups in total. The lowest BCUT2D eigenvalue weighted by molar-refractivity contribution is -0.147. The lowest BCUT2D eigenvalue weighted by Gasteiger charge is -2.40. The van der Waals surface area contributed by atoms with Crippen LogP contribution in [0.4, 0.5) is 0 Å². The number of carbonyl (C=O) groups is 1. The molecule has 6 heteroatoms. The lowest BCUT2D eigenvalue weighted by atomic mass is 9.96. The van der Waals surface area contributed by atoms with Crippen LogP contribution in [0, 0.1) is 0 Å². The molecule has 1 aromatic carbocycles. The van der Waals surface area contributed by atoms with Crippen LogP contribution < -0.4 is 0 Å². The van der Waals surface area contributed by atoms with Gasteiger partial charge in [0, 0.05) is 12.6 Å². The van der Waals surface area contributed by atoms with E-state index in [0.29, 0.717) is 6.61 Å². The van der Waals surface area contributed by atoms with Gasteiger partial charge in [0.15, 0.2) is 15.9 Å². The number of benzene rings is 1. The first-order valence-corrected chi connectivity index (χ1v) is 9.35. The van der Waals surface area contributed by atoms with Gasteiger partial charge in [0.25, 0.3) is 5.91 Å². The highest BCUT2D eigenvalue weighted by Gasteiger charge is 2.41. The summed E-state index contributed by atoms with van der Waals surface area (Å²) in [4.78, 5) is 14.6. The van der Waals surface area contributed by atoms with Gasteiger partial charge in [-0.05, 0) is 31.4 Å². The lowest BCUT2D eigenvalue weighted by Crippen LogP contribution is -2.55. The van der Waals surface area contributed by atoms with E-state index in [-0.39, 0.29) is 24.2 Å². The van der Waals surface area contributed by atoms with Crippen LogP contribution in [0.25, 0.3) is 0 Å². The van der Waals surface area contributed by atoms with E-state index in [1.54, 1.807) is 18.7 Å². The Morgan fingerprint density at radius 2 is 2.00 bits per heavy atom. The predicted octanol–water partition coefficient (Wildman–Crippen LogP) is 1.33. The smallest absolute Gasteiger partial charge is 0.256 e. The van der Waals surface area contributed by atoms with E-state index in [4.69, 9.17) is 4.74 Å². The Balaban J connectivity index is 1.87. The largest absolute Gasteiger partial charge is 0.363 e. The first-order chi connectivity index (χ1) is 10.4. The Morgan fingerprint density at radius 1 is 1.27 bits per heavy atom. The molecule has 2 aliphatic heterocycles. The van der Waals surface area contributed by atoms with Gasteiger partial charge in [-0.2, -0.15) is 0 Å². The molecular weight excluding hydrogens is 302 g/mol. The van der Waals surface area contributed by atoms with Gasteiger partial charge in [-0.1, -0.05) is 24.3 Å². The van der Waals surface area contributed by atoms with Crippen LogP contribution in [-0.2, 0) is 25.8 Å². The third kappa shape index (κ3) is 2.54. The molecule has 1 aromatic rings. The molecule has 0 saturated carbocycles. The summed E-state index contributed by atoms with van der Waals surface area (Å²) in [5.74, 6) is -0.0973. The first kappa shape index (κ1) is 15.5. The molecular formula is C16H21NO4S. The molecule has 1 saturated heterocycles. The fourth-order valence-corrected chi connectivity index (χ4v) is 4.80. The second kappa shape index (κ2) is 5.66. The molecule has 1 fully saturated rings. The topological polar surface area (TPSA) is 63.7 Å². The van der Waals surface area contributed by atoms with Crippen LogP contribution in [0.15, 0.2) is 24.3 Å². The van der Waals surface area contributed by atoms with Gasteiger partial charge in [0.05, 0.1) is 17.6 Å². The summed E-state index contributed by atoms with van der Waals surface area (Å²) in [6, 6.07) is 7.48. The van der Waals surface area contributed by atoms with Gasteiger partial charge >= 0.3 is 0 Å². The zero-order valence-electron chi connectivity index (χ0n) is 12.9. The van der Waals surface area contributed by atoms with Crippen molar-refractivity contribution in [1.82, 2.24) is 4.90 Å². The number of sulfone groups is 1. The molecule has 3 atom stereocenters. The van der Waals surface area contributed by atoms with Crippen LogP contribution >= 0.6 is 0 Å². The zero-order chi connectivity index (χ0) is 15.9. The van der Waals surface area contributed by atoms with Gasteiger partial charge in [-0.15, -0.1) is 0 Å². The van der Waals surface area contributed by atoms with Crippen molar-refractivity contribution in [2.24, 2.45) is 0 Å². The second-order valence-electron chi connectivity index (χ2n) is 6.04. The molecule has 3 rings (SSSR count).